The Bertz CT molecular complexity index is 420. The van der Waals surface area contributed by atoms with Gasteiger partial charge in [0.25, 0.3) is 0 Å². The molecule has 1 rings (SSSR count). The smallest absolute Gasteiger partial charge is 0.233 e. The number of ether oxygens (including phenoxy) is 2. The molecule has 21 heavy (non-hydrogen) atoms. The Kier molecular flexibility index (Phi) is 8.23. The van der Waals surface area contributed by atoms with Crippen molar-refractivity contribution in [3.05, 3.63) is 24.3 Å². The van der Waals surface area contributed by atoms with E-state index in [-0.39, 0.29) is 5.91 Å². The minimum Gasteiger partial charge on any atom is -0.497 e. The van der Waals surface area contributed by atoms with Gasteiger partial charge in [-0.2, -0.15) is 0 Å². The van der Waals surface area contributed by atoms with Gasteiger partial charge < -0.3 is 14.4 Å². The second-order valence-electron chi connectivity index (χ2n) is 5.19. The number of carbonyl (C=O) groups is 1. The van der Waals surface area contributed by atoms with Crippen molar-refractivity contribution in [2.75, 3.05) is 39.7 Å². The molecule has 0 unspecified atom stereocenters. The van der Waals surface area contributed by atoms with Gasteiger partial charge in [-0.3, -0.25) is 4.79 Å². The zero-order valence-electron chi connectivity index (χ0n) is 13.3. The number of nitrogens with zero attached hydrogens (tertiary/aromatic N) is 1. The highest BCUT2D eigenvalue weighted by Gasteiger charge is 2.14. The lowest BCUT2D eigenvalue weighted by Crippen LogP contribution is -2.37. The average Bonchev–Trinajstić information content (AvgIpc) is 2.49. The minimum atomic E-state index is 0.154. The zero-order chi connectivity index (χ0) is 15.7. The first-order valence-electron chi connectivity index (χ1n) is 7.10. The lowest BCUT2D eigenvalue weighted by Gasteiger charge is -2.24. The van der Waals surface area contributed by atoms with Crippen LogP contribution in [0, 0.1) is 5.92 Å². The van der Waals surface area contributed by atoms with Crippen LogP contribution in [0.2, 0.25) is 0 Å². The standard InChI is InChI=1S/C16H25NO3S/c1-13(2)11-17(9-10-19-3)16(18)12-21-15-7-5-14(20-4)6-8-15/h5-8,13H,9-12H2,1-4H3. The van der Waals surface area contributed by atoms with Crippen LogP contribution in [0.25, 0.3) is 0 Å². The van der Waals surface area contributed by atoms with Crippen molar-refractivity contribution in [3.8, 4) is 5.75 Å². The topological polar surface area (TPSA) is 38.8 Å². The normalized spacial score (nSPS) is 10.7. The molecule has 0 saturated heterocycles. The third-order valence-electron chi connectivity index (χ3n) is 2.93. The summed E-state index contributed by atoms with van der Waals surface area (Å²) >= 11 is 1.55. The average molecular weight is 311 g/mol. The molecule has 0 aliphatic rings. The maximum Gasteiger partial charge on any atom is 0.233 e. The van der Waals surface area contributed by atoms with Crippen LogP contribution in [0.5, 0.6) is 5.75 Å². The summed E-state index contributed by atoms with van der Waals surface area (Å²) in [5, 5.41) is 0. The quantitative estimate of drug-likeness (QED) is 0.657. The highest BCUT2D eigenvalue weighted by Crippen LogP contribution is 2.21. The fourth-order valence-electron chi connectivity index (χ4n) is 1.87. The molecule has 118 valence electrons. The van der Waals surface area contributed by atoms with Crippen molar-refractivity contribution in [1.29, 1.82) is 0 Å². The first-order chi connectivity index (χ1) is 10.1. The summed E-state index contributed by atoms with van der Waals surface area (Å²) in [6, 6.07) is 7.75. The second-order valence-corrected chi connectivity index (χ2v) is 6.24. The van der Waals surface area contributed by atoms with E-state index in [1.807, 2.05) is 29.2 Å². The number of methoxy groups -OCH3 is 2. The number of benzene rings is 1. The van der Waals surface area contributed by atoms with E-state index >= 15 is 0 Å². The molecule has 1 amide bonds. The number of thioether (sulfide) groups is 1. The molecular formula is C16H25NO3S. The maximum atomic E-state index is 12.3. The van der Waals surface area contributed by atoms with Crippen LogP contribution in [-0.2, 0) is 9.53 Å². The van der Waals surface area contributed by atoms with Gasteiger partial charge in [0.1, 0.15) is 5.75 Å². The third-order valence-corrected chi connectivity index (χ3v) is 3.92. The molecule has 0 heterocycles. The second kappa shape index (κ2) is 9.68. The van der Waals surface area contributed by atoms with Gasteiger partial charge in [-0.15, -0.1) is 11.8 Å². The molecule has 5 heteroatoms. The van der Waals surface area contributed by atoms with Crippen LogP contribution < -0.4 is 4.74 Å². The summed E-state index contributed by atoms with van der Waals surface area (Å²) in [6.45, 7) is 6.22. The van der Waals surface area contributed by atoms with Gasteiger partial charge in [-0.1, -0.05) is 13.8 Å². The lowest BCUT2D eigenvalue weighted by molar-refractivity contribution is -0.129. The van der Waals surface area contributed by atoms with Gasteiger partial charge in [0.2, 0.25) is 5.91 Å². The molecule has 0 bridgehead atoms. The Morgan fingerprint density at radius 1 is 1.24 bits per heavy atom. The Morgan fingerprint density at radius 3 is 2.43 bits per heavy atom. The Balaban J connectivity index is 2.50. The van der Waals surface area contributed by atoms with E-state index in [0.717, 1.165) is 17.2 Å². The Hall–Kier alpha value is -1.20. The predicted molar refractivity (Wildman–Crippen MR) is 87.0 cm³/mol. The van der Waals surface area contributed by atoms with Crippen molar-refractivity contribution in [2.24, 2.45) is 5.92 Å². The fraction of sp³-hybridized carbons (Fsp3) is 0.562. The Labute approximate surface area is 131 Å². The highest BCUT2D eigenvalue weighted by atomic mass is 32.2. The Morgan fingerprint density at radius 2 is 1.90 bits per heavy atom. The molecule has 4 nitrogen and oxygen atoms in total. The molecule has 0 atom stereocenters. The summed E-state index contributed by atoms with van der Waals surface area (Å²) in [5.74, 6) is 1.88. The molecule has 0 aliphatic heterocycles. The lowest BCUT2D eigenvalue weighted by atomic mass is 10.2. The third kappa shape index (κ3) is 6.87. The summed E-state index contributed by atoms with van der Waals surface area (Å²) in [6.07, 6.45) is 0. The summed E-state index contributed by atoms with van der Waals surface area (Å²) in [5.41, 5.74) is 0. The molecule has 0 aromatic heterocycles. The molecule has 0 saturated carbocycles. The molecule has 0 fully saturated rings. The number of hydrogen-bond acceptors (Lipinski definition) is 4. The summed E-state index contributed by atoms with van der Waals surface area (Å²) in [7, 11) is 3.30. The van der Waals surface area contributed by atoms with E-state index in [2.05, 4.69) is 13.8 Å². The predicted octanol–water partition coefficient (Wildman–Crippen LogP) is 2.92. The van der Waals surface area contributed by atoms with E-state index in [1.165, 1.54) is 0 Å². The van der Waals surface area contributed by atoms with Gasteiger partial charge in [-0.25, -0.2) is 0 Å². The molecule has 0 N–H and O–H groups in total. The molecule has 1 aromatic carbocycles. The van der Waals surface area contributed by atoms with Crippen LogP contribution in [-0.4, -0.2) is 50.5 Å². The van der Waals surface area contributed by atoms with Gasteiger partial charge in [0.05, 0.1) is 19.5 Å². The maximum absolute atomic E-state index is 12.3. The van der Waals surface area contributed by atoms with Crippen molar-refractivity contribution < 1.29 is 14.3 Å². The van der Waals surface area contributed by atoms with E-state index in [1.54, 1.807) is 26.0 Å². The van der Waals surface area contributed by atoms with Crippen LogP contribution in [0.15, 0.2) is 29.2 Å². The van der Waals surface area contributed by atoms with Crippen LogP contribution in [0.3, 0.4) is 0 Å². The van der Waals surface area contributed by atoms with Crippen LogP contribution in [0.1, 0.15) is 13.8 Å². The van der Waals surface area contributed by atoms with Crippen LogP contribution in [0.4, 0.5) is 0 Å². The van der Waals surface area contributed by atoms with E-state index < -0.39 is 0 Å². The van der Waals surface area contributed by atoms with Crippen LogP contribution >= 0.6 is 11.8 Å². The monoisotopic (exact) mass is 311 g/mol. The zero-order valence-corrected chi connectivity index (χ0v) is 14.1. The van der Waals surface area contributed by atoms with Gasteiger partial charge in [0, 0.05) is 25.1 Å². The largest absolute Gasteiger partial charge is 0.497 e. The van der Waals surface area contributed by atoms with Gasteiger partial charge >= 0.3 is 0 Å². The van der Waals surface area contributed by atoms with Gasteiger partial charge in [0.15, 0.2) is 0 Å². The first-order valence-corrected chi connectivity index (χ1v) is 8.09. The van der Waals surface area contributed by atoms with E-state index in [4.69, 9.17) is 9.47 Å². The summed E-state index contributed by atoms with van der Waals surface area (Å²) < 4.78 is 10.2. The number of hydrogen-bond donors (Lipinski definition) is 0. The molecule has 0 spiro atoms. The van der Waals surface area contributed by atoms with Crippen molar-refractivity contribution >= 4 is 17.7 Å². The number of carbonyl (C=O) groups excluding carboxylic acids is 1. The fourth-order valence-corrected chi connectivity index (χ4v) is 2.67. The first kappa shape index (κ1) is 17.9. The number of rotatable bonds is 9. The SMILES string of the molecule is COCCN(CC(C)C)C(=O)CSc1ccc(OC)cc1. The number of amides is 1. The van der Waals surface area contributed by atoms with Crippen molar-refractivity contribution in [2.45, 2.75) is 18.7 Å². The van der Waals surface area contributed by atoms with E-state index in [0.29, 0.717) is 24.8 Å². The van der Waals surface area contributed by atoms with Crippen molar-refractivity contribution in [3.63, 3.8) is 0 Å². The molecular weight excluding hydrogens is 286 g/mol. The molecule has 1 aromatic rings. The molecule has 0 aliphatic carbocycles. The van der Waals surface area contributed by atoms with Crippen molar-refractivity contribution in [1.82, 2.24) is 4.90 Å². The van der Waals surface area contributed by atoms with E-state index in [9.17, 15) is 4.79 Å². The van der Waals surface area contributed by atoms with Gasteiger partial charge in [-0.05, 0) is 30.2 Å². The summed E-state index contributed by atoms with van der Waals surface area (Å²) in [4.78, 5) is 15.3. The highest BCUT2D eigenvalue weighted by molar-refractivity contribution is 8.00. The molecule has 0 radical (unpaired) electrons. The minimum absolute atomic E-state index is 0.154.